The molecule has 2 aromatic carbocycles. The van der Waals surface area contributed by atoms with Crippen LogP contribution < -0.4 is 10.4 Å². The molecule has 1 aliphatic rings. The van der Waals surface area contributed by atoms with Crippen LogP contribution in [-0.2, 0) is 6.42 Å². The number of hydrogen-bond acceptors (Lipinski definition) is 0. The maximum atomic E-state index is 2.24. The van der Waals surface area contributed by atoms with E-state index in [1.54, 1.807) is 0 Å². The molecular formula is C17H16. The SMILES string of the molecule is CC1=c2ccccc2=C(C)c2ccccc2C1. The minimum atomic E-state index is 1.06. The summed E-state index contributed by atoms with van der Waals surface area (Å²) < 4.78 is 0. The van der Waals surface area contributed by atoms with Crippen molar-refractivity contribution in [2.24, 2.45) is 0 Å². The van der Waals surface area contributed by atoms with Crippen molar-refractivity contribution >= 4 is 11.1 Å². The van der Waals surface area contributed by atoms with E-state index >= 15 is 0 Å². The summed E-state index contributed by atoms with van der Waals surface area (Å²) in [5, 5.41) is 2.79. The van der Waals surface area contributed by atoms with Crippen molar-refractivity contribution in [2.45, 2.75) is 20.3 Å². The quantitative estimate of drug-likeness (QED) is 0.640. The Labute approximate surface area is 102 Å². The Balaban J connectivity index is 2.50. The second-order valence-corrected chi connectivity index (χ2v) is 4.78. The van der Waals surface area contributed by atoms with Gasteiger partial charge in [0.05, 0.1) is 0 Å². The maximum absolute atomic E-state index is 2.24. The molecule has 1 aliphatic carbocycles. The van der Waals surface area contributed by atoms with Crippen LogP contribution in [0.15, 0.2) is 48.5 Å². The van der Waals surface area contributed by atoms with Crippen LogP contribution in [0.4, 0.5) is 0 Å². The van der Waals surface area contributed by atoms with Gasteiger partial charge in [-0.3, -0.25) is 0 Å². The summed E-state index contributed by atoms with van der Waals surface area (Å²) in [7, 11) is 0. The highest BCUT2D eigenvalue weighted by molar-refractivity contribution is 5.71. The Morgan fingerprint density at radius 3 is 2.24 bits per heavy atom. The number of benzene rings is 2. The van der Waals surface area contributed by atoms with Crippen LogP contribution in [0, 0.1) is 0 Å². The fourth-order valence-electron chi connectivity index (χ4n) is 2.75. The zero-order chi connectivity index (χ0) is 11.8. The molecule has 0 amide bonds. The zero-order valence-electron chi connectivity index (χ0n) is 10.3. The highest BCUT2D eigenvalue weighted by Crippen LogP contribution is 2.20. The van der Waals surface area contributed by atoms with E-state index in [4.69, 9.17) is 0 Å². The number of fused-ring (bicyclic) bond motifs is 2. The van der Waals surface area contributed by atoms with Crippen molar-refractivity contribution in [1.29, 1.82) is 0 Å². The Bertz CT molecular complexity index is 690. The molecule has 17 heavy (non-hydrogen) atoms. The summed E-state index contributed by atoms with van der Waals surface area (Å²) in [4.78, 5) is 0. The molecule has 84 valence electrons. The molecule has 0 N–H and O–H groups in total. The molecule has 0 atom stereocenters. The molecule has 0 heterocycles. The minimum absolute atomic E-state index is 1.06. The van der Waals surface area contributed by atoms with Crippen molar-refractivity contribution in [1.82, 2.24) is 0 Å². The first kappa shape index (κ1) is 10.3. The van der Waals surface area contributed by atoms with E-state index in [2.05, 4.69) is 62.4 Å². The molecule has 0 fully saturated rings. The van der Waals surface area contributed by atoms with Gasteiger partial charge in [-0.15, -0.1) is 0 Å². The van der Waals surface area contributed by atoms with Gasteiger partial charge in [-0.1, -0.05) is 54.1 Å². The van der Waals surface area contributed by atoms with E-state index in [9.17, 15) is 0 Å². The van der Waals surface area contributed by atoms with Gasteiger partial charge in [0, 0.05) is 0 Å². The van der Waals surface area contributed by atoms with E-state index in [1.807, 2.05) is 0 Å². The van der Waals surface area contributed by atoms with Gasteiger partial charge in [0.1, 0.15) is 0 Å². The molecule has 0 radical (unpaired) electrons. The fraction of sp³-hybridized carbons (Fsp3) is 0.176. The van der Waals surface area contributed by atoms with Crippen molar-refractivity contribution in [3.05, 3.63) is 70.1 Å². The molecule has 0 saturated carbocycles. The first-order valence-electron chi connectivity index (χ1n) is 6.11. The topological polar surface area (TPSA) is 0 Å². The third-order valence-corrected chi connectivity index (χ3v) is 3.67. The molecule has 2 aromatic rings. The lowest BCUT2D eigenvalue weighted by molar-refractivity contribution is 1.24. The highest BCUT2D eigenvalue weighted by atomic mass is 14.1. The summed E-state index contributed by atoms with van der Waals surface area (Å²) in [5.41, 5.74) is 5.70. The van der Waals surface area contributed by atoms with Crippen LogP contribution in [0.1, 0.15) is 25.0 Å². The molecule has 0 unspecified atom stereocenters. The molecule has 0 aliphatic heterocycles. The monoisotopic (exact) mass is 220 g/mol. The van der Waals surface area contributed by atoms with Crippen LogP contribution in [-0.4, -0.2) is 0 Å². The van der Waals surface area contributed by atoms with E-state index in [0.29, 0.717) is 0 Å². The second-order valence-electron chi connectivity index (χ2n) is 4.78. The predicted molar refractivity (Wildman–Crippen MR) is 73.1 cm³/mol. The Kier molecular flexibility index (Phi) is 2.36. The van der Waals surface area contributed by atoms with E-state index < -0.39 is 0 Å². The smallest absolute Gasteiger partial charge is 0.00546 e. The molecule has 3 rings (SSSR count). The molecule has 0 spiro atoms. The normalized spacial score (nSPS) is 14.0. The second kappa shape index (κ2) is 3.89. The Morgan fingerprint density at radius 1 is 0.765 bits per heavy atom. The molecule has 0 heteroatoms. The summed E-state index contributed by atoms with van der Waals surface area (Å²) in [6.45, 7) is 4.48. The number of hydrogen-bond donors (Lipinski definition) is 0. The first-order chi connectivity index (χ1) is 8.27. The average Bonchev–Trinajstić information content (AvgIpc) is 2.48. The minimum Gasteiger partial charge on any atom is -0.0619 e. The average molecular weight is 220 g/mol. The van der Waals surface area contributed by atoms with Gasteiger partial charge in [0.2, 0.25) is 0 Å². The van der Waals surface area contributed by atoms with Crippen LogP contribution >= 0.6 is 0 Å². The molecule has 0 saturated heterocycles. The maximum Gasteiger partial charge on any atom is -0.00546 e. The van der Waals surface area contributed by atoms with E-state index in [1.165, 1.54) is 32.7 Å². The zero-order valence-corrected chi connectivity index (χ0v) is 10.3. The predicted octanol–water partition coefficient (Wildman–Crippen LogP) is 2.63. The molecule has 0 nitrogen and oxygen atoms in total. The molecule has 0 aromatic heterocycles. The Hall–Kier alpha value is -1.82. The lowest BCUT2D eigenvalue weighted by atomic mass is 9.98. The van der Waals surface area contributed by atoms with Crippen LogP contribution in [0.25, 0.3) is 11.1 Å². The van der Waals surface area contributed by atoms with Gasteiger partial charge in [-0.05, 0) is 47.4 Å². The van der Waals surface area contributed by atoms with E-state index in [-0.39, 0.29) is 0 Å². The van der Waals surface area contributed by atoms with Gasteiger partial charge in [0.15, 0.2) is 0 Å². The summed E-state index contributed by atoms with van der Waals surface area (Å²) in [5.74, 6) is 0. The van der Waals surface area contributed by atoms with Gasteiger partial charge < -0.3 is 0 Å². The van der Waals surface area contributed by atoms with Crippen molar-refractivity contribution in [3.8, 4) is 0 Å². The van der Waals surface area contributed by atoms with E-state index in [0.717, 1.165) is 6.42 Å². The molecular weight excluding hydrogens is 204 g/mol. The summed E-state index contributed by atoms with van der Waals surface area (Å²) in [6, 6.07) is 17.5. The van der Waals surface area contributed by atoms with Crippen LogP contribution in [0.3, 0.4) is 0 Å². The Morgan fingerprint density at radius 2 is 1.41 bits per heavy atom. The number of rotatable bonds is 0. The third-order valence-electron chi connectivity index (χ3n) is 3.67. The standard InChI is InChI=1S/C17H16/c1-12-11-14-7-3-4-9-16(14)13(2)17-10-6-5-8-15(12)17/h3-10H,11H2,1-2H3. The van der Waals surface area contributed by atoms with Gasteiger partial charge >= 0.3 is 0 Å². The fourth-order valence-corrected chi connectivity index (χ4v) is 2.75. The van der Waals surface area contributed by atoms with Gasteiger partial charge in [0.25, 0.3) is 0 Å². The summed E-state index contributed by atoms with van der Waals surface area (Å²) in [6.07, 6.45) is 1.06. The lowest BCUT2D eigenvalue weighted by Gasteiger charge is -2.07. The van der Waals surface area contributed by atoms with Crippen molar-refractivity contribution < 1.29 is 0 Å². The summed E-state index contributed by atoms with van der Waals surface area (Å²) >= 11 is 0. The molecule has 0 bridgehead atoms. The van der Waals surface area contributed by atoms with Crippen molar-refractivity contribution in [2.75, 3.05) is 0 Å². The third kappa shape index (κ3) is 1.61. The highest BCUT2D eigenvalue weighted by Gasteiger charge is 2.09. The largest absolute Gasteiger partial charge is 0.0619 e. The van der Waals surface area contributed by atoms with Crippen molar-refractivity contribution in [3.63, 3.8) is 0 Å². The van der Waals surface area contributed by atoms with Crippen LogP contribution in [0.5, 0.6) is 0 Å². The van der Waals surface area contributed by atoms with Gasteiger partial charge in [-0.25, -0.2) is 0 Å². The van der Waals surface area contributed by atoms with Gasteiger partial charge in [-0.2, -0.15) is 0 Å². The van der Waals surface area contributed by atoms with Crippen LogP contribution in [0.2, 0.25) is 0 Å². The first-order valence-corrected chi connectivity index (χ1v) is 6.11. The lowest BCUT2D eigenvalue weighted by Crippen LogP contribution is -2.27.